The first kappa shape index (κ1) is 30.4. The fourth-order valence-corrected chi connectivity index (χ4v) is 7.58. The zero-order valence-electron chi connectivity index (χ0n) is 24.0. The minimum absolute atomic E-state index is 0.0264. The minimum atomic E-state index is -4.90. The Morgan fingerprint density at radius 1 is 1.05 bits per heavy atom. The first-order valence-corrected chi connectivity index (χ1v) is 15.5. The maximum atomic E-state index is 13.7. The molecule has 0 radical (unpaired) electrons. The second-order valence-electron chi connectivity index (χ2n) is 12.0. The van der Waals surface area contributed by atoms with Crippen LogP contribution in [0.15, 0.2) is 35.3 Å². The van der Waals surface area contributed by atoms with E-state index in [4.69, 9.17) is 0 Å². The molecule has 5 rings (SSSR count). The molecule has 0 aliphatic carbocycles. The van der Waals surface area contributed by atoms with Gasteiger partial charge in [-0.25, -0.2) is 17.1 Å². The fraction of sp³-hybridized carbons (Fsp3) is 0.517. The fourth-order valence-electron chi connectivity index (χ4n) is 6.12. The quantitative estimate of drug-likeness (QED) is 0.485. The van der Waals surface area contributed by atoms with Gasteiger partial charge in [-0.2, -0.15) is 13.2 Å². The van der Waals surface area contributed by atoms with Gasteiger partial charge in [0.15, 0.2) is 0 Å². The van der Waals surface area contributed by atoms with Gasteiger partial charge in [0.2, 0.25) is 10.0 Å². The molecular weight excluding hydrogens is 574 g/mol. The number of halogens is 4. The normalized spacial score (nSPS) is 20.7. The van der Waals surface area contributed by atoms with E-state index in [0.29, 0.717) is 18.6 Å². The molecular formula is C29H35F4N5O3S. The maximum absolute atomic E-state index is 13.7. The highest BCUT2D eigenvalue weighted by molar-refractivity contribution is 7.89. The van der Waals surface area contributed by atoms with Crippen molar-refractivity contribution in [3.63, 3.8) is 0 Å². The van der Waals surface area contributed by atoms with Gasteiger partial charge in [-0.1, -0.05) is 0 Å². The number of carbonyl (C=O) groups excluding carboxylic acids is 1. The Hall–Kier alpha value is -3.03. The van der Waals surface area contributed by atoms with Crippen molar-refractivity contribution >= 4 is 27.5 Å². The van der Waals surface area contributed by atoms with Crippen LogP contribution in [0.2, 0.25) is 0 Å². The lowest BCUT2D eigenvalue weighted by Crippen LogP contribution is -2.50. The highest BCUT2D eigenvalue weighted by Crippen LogP contribution is 2.35. The lowest BCUT2D eigenvalue weighted by atomic mass is 9.89. The summed E-state index contributed by atoms with van der Waals surface area (Å²) in [5.41, 5.74) is 1.32. The van der Waals surface area contributed by atoms with Crippen LogP contribution in [-0.2, 0) is 27.4 Å². The average molecular weight is 610 g/mol. The molecule has 2 fully saturated rings. The number of carbonyl (C=O) groups is 1. The van der Waals surface area contributed by atoms with Gasteiger partial charge >= 0.3 is 6.18 Å². The summed E-state index contributed by atoms with van der Waals surface area (Å²) in [5, 5.41) is 5.91. The van der Waals surface area contributed by atoms with E-state index < -0.39 is 39.0 Å². The Labute approximate surface area is 243 Å². The van der Waals surface area contributed by atoms with Gasteiger partial charge < -0.3 is 10.2 Å². The standard InChI is InChI=1S/C29H35F4N5O3S/c1-18-13-21(38-17-34-16-27(38,3)4)14-19(2)22(18)7-12-42(40,41)37-10-8-28(9-11-37)26(39)35-25(36-28)20-5-6-24(30)23(15-20)29(31,32)33/h5-6,13-15,34H,7-12,16-17H2,1-4H3,(H,35,36,39). The molecule has 228 valence electrons. The van der Waals surface area contributed by atoms with Crippen LogP contribution in [0.4, 0.5) is 23.2 Å². The molecule has 2 N–H and O–H groups in total. The van der Waals surface area contributed by atoms with Crippen molar-refractivity contribution in [3.8, 4) is 0 Å². The summed E-state index contributed by atoms with van der Waals surface area (Å²) in [4.78, 5) is 19.6. The molecule has 2 saturated heterocycles. The van der Waals surface area contributed by atoms with Crippen LogP contribution in [0.25, 0.3) is 0 Å². The van der Waals surface area contributed by atoms with Gasteiger partial charge in [-0.3, -0.25) is 15.1 Å². The lowest BCUT2D eigenvalue weighted by molar-refractivity contribution is -0.140. The van der Waals surface area contributed by atoms with E-state index in [1.165, 1.54) is 4.31 Å². The van der Waals surface area contributed by atoms with Crippen LogP contribution >= 0.6 is 0 Å². The highest BCUT2D eigenvalue weighted by Gasteiger charge is 2.48. The zero-order chi connectivity index (χ0) is 30.7. The maximum Gasteiger partial charge on any atom is 0.419 e. The van der Waals surface area contributed by atoms with Crippen LogP contribution in [-0.4, -0.2) is 67.6 Å². The van der Waals surface area contributed by atoms with Crippen LogP contribution in [0.5, 0.6) is 0 Å². The molecule has 2 aromatic rings. The number of hydrogen-bond donors (Lipinski definition) is 2. The Morgan fingerprint density at radius 2 is 1.69 bits per heavy atom. The second kappa shape index (κ2) is 10.6. The number of amidine groups is 1. The summed E-state index contributed by atoms with van der Waals surface area (Å²) in [7, 11) is -3.65. The number of hydrogen-bond acceptors (Lipinski definition) is 6. The molecule has 1 amide bonds. The van der Waals surface area contributed by atoms with Gasteiger partial charge in [0.05, 0.1) is 18.0 Å². The Morgan fingerprint density at radius 3 is 2.26 bits per heavy atom. The number of piperidine rings is 1. The molecule has 2 aromatic carbocycles. The molecule has 3 heterocycles. The van der Waals surface area contributed by atoms with Gasteiger partial charge in [-0.15, -0.1) is 0 Å². The highest BCUT2D eigenvalue weighted by atomic mass is 32.2. The van der Waals surface area contributed by atoms with Gasteiger partial charge in [0, 0.05) is 36.4 Å². The summed E-state index contributed by atoms with van der Waals surface area (Å²) in [6.07, 6.45) is -4.39. The third-order valence-electron chi connectivity index (χ3n) is 8.63. The number of sulfonamides is 1. The molecule has 13 heteroatoms. The zero-order valence-corrected chi connectivity index (χ0v) is 24.8. The van der Waals surface area contributed by atoms with E-state index in [9.17, 15) is 30.8 Å². The molecule has 0 aromatic heterocycles. The predicted molar refractivity (Wildman–Crippen MR) is 152 cm³/mol. The molecule has 3 aliphatic heterocycles. The Balaban J connectivity index is 1.26. The molecule has 3 aliphatic rings. The van der Waals surface area contributed by atoms with Crippen LogP contribution in [0, 0.1) is 19.7 Å². The molecule has 0 saturated carbocycles. The van der Waals surface area contributed by atoms with Gasteiger partial charge in [-0.05, 0) is 94.0 Å². The lowest BCUT2D eigenvalue weighted by Gasteiger charge is -2.35. The van der Waals surface area contributed by atoms with Gasteiger partial charge in [0.1, 0.15) is 17.2 Å². The van der Waals surface area contributed by atoms with Crippen LogP contribution in [0.3, 0.4) is 0 Å². The molecule has 0 unspecified atom stereocenters. The van der Waals surface area contributed by atoms with Crippen molar-refractivity contribution in [1.82, 2.24) is 14.9 Å². The average Bonchev–Trinajstić information content (AvgIpc) is 3.41. The van der Waals surface area contributed by atoms with Crippen molar-refractivity contribution in [2.24, 2.45) is 4.99 Å². The largest absolute Gasteiger partial charge is 0.419 e. The van der Waals surface area contributed by atoms with E-state index >= 15 is 0 Å². The summed E-state index contributed by atoms with van der Waals surface area (Å²) in [6.45, 7) is 10.1. The number of anilines is 1. The second-order valence-corrected chi connectivity index (χ2v) is 14.1. The molecule has 0 bridgehead atoms. The van der Waals surface area contributed by atoms with Gasteiger partial charge in [0.25, 0.3) is 5.91 Å². The minimum Gasteiger partial charge on any atom is -0.352 e. The van der Waals surface area contributed by atoms with E-state index in [1.54, 1.807) is 0 Å². The SMILES string of the molecule is Cc1cc(N2CNCC2(C)C)cc(C)c1CCS(=O)(=O)N1CCC2(CC1)N=C(c1ccc(F)c(C(F)(F)F)c1)NC2=O. The van der Waals surface area contributed by atoms with E-state index in [2.05, 4.69) is 46.5 Å². The number of amides is 1. The molecule has 42 heavy (non-hydrogen) atoms. The van der Waals surface area contributed by atoms with E-state index in [0.717, 1.165) is 41.7 Å². The predicted octanol–water partition coefficient (Wildman–Crippen LogP) is 3.89. The van der Waals surface area contributed by atoms with Crippen molar-refractivity contribution in [1.29, 1.82) is 0 Å². The number of benzene rings is 2. The first-order valence-electron chi connectivity index (χ1n) is 13.9. The molecule has 8 nitrogen and oxygen atoms in total. The summed E-state index contributed by atoms with van der Waals surface area (Å²) < 4.78 is 81.3. The number of aliphatic imine (C=N–C) groups is 1. The topological polar surface area (TPSA) is 94.1 Å². The summed E-state index contributed by atoms with van der Waals surface area (Å²) >= 11 is 0. The number of nitrogens with zero attached hydrogens (tertiary/aromatic N) is 3. The smallest absolute Gasteiger partial charge is 0.352 e. The number of alkyl halides is 3. The third kappa shape index (κ3) is 5.66. The van der Waals surface area contributed by atoms with E-state index in [1.807, 2.05) is 13.8 Å². The summed E-state index contributed by atoms with van der Waals surface area (Å²) in [5.74, 6) is -2.09. The van der Waals surface area contributed by atoms with Crippen molar-refractivity contribution in [3.05, 3.63) is 64.0 Å². The van der Waals surface area contributed by atoms with E-state index in [-0.39, 0.29) is 48.6 Å². The number of rotatable bonds is 6. The van der Waals surface area contributed by atoms with Crippen molar-refractivity contribution in [2.45, 2.75) is 64.2 Å². The molecule has 1 spiro atoms. The third-order valence-corrected chi connectivity index (χ3v) is 10.5. The van der Waals surface area contributed by atoms with Crippen LogP contribution < -0.4 is 15.5 Å². The first-order chi connectivity index (χ1) is 19.5. The van der Waals surface area contributed by atoms with Crippen molar-refractivity contribution < 1.29 is 30.8 Å². The van der Waals surface area contributed by atoms with Crippen LogP contribution in [0.1, 0.15) is 54.5 Å². The number of aryl methyl sites for hydroxylation is 2. The summed E-state index contributed by atoms with van der Waals surface area (Å²) in [6, 6.07) is 6.63. The van der Waals surface area contributed by atoms with Crippen molar-refractivity contribution in [2.75, 3.05) is 37.0 Å². The Kier molecular flexibility index (Phi) is 7.68. The molecule has 0 atom stereocenters. The number of nitrogens with one attached hydrogen (secondary N) is 2. The Bertz CT molecular complexity index is 1520. The monoisotopic (exact) mass is 609 g/mol.